The molecule has 2 aromatic rings. The molecule has 1 N–H and O–H groups in total. The second-order valence-electron chi connectivity index (χ2n) is 3.71. The normalized spacial score (nSPS) is 16.2. The van der Waals surface area contributed by atoms with Gasteiger partial charge in [0.05, 0.1) is 18.2 Å². The molecule has 0 saturated carbocycles. The Bertz CT molecular complexity index is 642. The minimum Gasteiger partial charge on any atom is -0.463 e. The number of anilines is 1. The lowest BCUT2D eigenvalue weighted by atomic mass is 10.1. The highest BCUT2D eigenvalue weighted by Gasteiger charge is 2.25. The molecule has 18 heavy (non-hydrogen) atoms. The highest BCUT2D eigenvalue weighted by molar-refractivity contribution is 6.53. The minimum atomic E-state index is -0.243. The molecular weight excluding hydrogens is 230 g/mol. The molecule has 0 bridgehead atoms. The van der Waals surface area contributed by atoms with Gasteiger partial charge in [-0.3, -0.25) is 4.79 Å². The summed E-state index contributed by atoms with van der Waals surface area (Å²) in [5.41, 5.74) is 1.84. The van der Waals surface area contributed by atoms with Gasteiger partial charge in [0.2, 0.25) is 0 Å². The first-order valence-corrected chi connectivity index (χ1v) is 5.40. The van der Waals surface area contributed by atoms with Crippen molar-refractivity contribution in [3.05, 3.63) is 54.0 Å². The zero-order chi connectivity index (χ0) is 12.4. The molecular formula is C13H9N3O2. The molecule has 0 fully saturated rings. The third kappa shape index (κ3) is 1.82. The standard InChI is InChI=1S/C13H9N3O2/c17-13-12(10-5-1-2-6-11(10)15-13)16-14-8-9-4-3-7-18-9/h1-8H,(H,15,16,17)/b14-8-. The minimum absolute atomic E-state index is 0.243. The average Bonchev–Trinajstić information content (AvgIpc) is 2.98. The fourth-order valence-electron chi connectivity index (χ4n) is 1.71. The Morgan fingerprint density at radius 2 is 2.06 bits per heavy atom. The van der Waals surface area contributed by atoms with Crippen LogP contribution in [0, 0.1) is 0 Å². The Labute approximate surface area is 103 Å². The molecule has 0 saturated heterocycles. The number of para-hydroxylation sites is 1. The van der Waals surface area contributed by atoms with Crippen molar-refractivity contribution in [3.63, 3.8) is 0 Å². The van der Waals surface area contributed by atoms with Gasteiger partial charge in [0.25, 0.3) is 5.91 Å². The average molecular weight is 239 g/mol. The van der Waals surface area contributed by atoms with Crippen LogP contribution in [0.2, 0.25) is 0 Å². The number of nitrogens with zero attached hydrogens (tertiary/aromatic N) is 2. The number of nitrogens with one attached hydrogen (secondary N) is 1. The smallest absolute Gasteiger partial charge is 0.276 e. The van der Waals surface area contributed by atoms with Crippen LogP contribution in [0.4, 0.5) is 5.69 Å². The van der Waals surface area contributed by atoms with Gasteiger partial charge < -0.3 is 9.73 Å². The number of carbonyl (C=O) groups is 1. The van der Waals surface area contributed by atoms with E-state index in [0.717, 1.165) is 11.3 Å². The van der Waals surface area contributed by atoms with E-state index in [0.29, 0.717) is 11.5 Å². The number of amides is 1. The van der Waals surface area contributed by atoms with E-state index >= 15 is 0 Å². The Morgan fingerprint density at radius 1 is 1.17 bits per heavy atom. The maximum absolute atomic E-state index is 11.7. The highest BCUT2D eigenvalue weighted by atomic mass is 16.3. The van der Waals surface area contributed by atoms with Crippen molar-refractivity contribution in [1.82, 2.24) is 0 Å². The molecule has 5 heteroatoms. The van der Waals surface area contributed by atoms with Crippen molar-refractivity contribution < 1.29 is 9.21 Å². The van der Waals surface area contributed by atoms with E-state index < -0.39 is 0 Å². The number of hydrogen-bond acceptors (Lipinski definition) is 4. The van der Waals surface area contributed by atoms with Crippen molar-refractivity contribution in [2.75, 3.05) is 5.32 Å². The summed E-state index contributed by atoms with van der Waals surface area (Å²) in [6.45, 7) is 0. The number of rotatable bonds is 2. The first-order chi connectivity index (χ1) is 8.84. The number of hydrogen-bond donors (Lipinski definition) is 1. The third-order valence-corrected chi connectivity index (χ3v) is 2.53. The number of fused-ring (bicyclic) bond motifs is 1. The van der Waals surface area contributed by atoms with E-state index in [2.05, 4.69) is 15.5 Å². The van der Waals surface area contributed by atoms with E-state index in [4.69, 9.17) is 4.42 Å². The summed E-state index contributed by atoms with van der Waals surface area (Å²) < 4.78 is 5.08. The van der Waals surface area contributed by atoms with Gasteiger partial charge in [-0.15, -0.1) is 5.10 Å². The molecule has 1 aliphatic heterocycles. The Morgan fingerprint density at radius 3 is 2.89 bits per heavy atom. The predicted octanol–water partition coefficient (Wildman–Crippen LogP) is 2.05. The van der Waals surface area contributed by atoms with Gasteiger partial charge in [0, 0.05) is 5.56 Å². The van der Waals surface area contributed by atoms with Gasteiger partial charge in [-0.1, -0.05) is 18.2 Å². The summed E-state index contributed by atoms with van der Waals surface area (Å²) in [7, 11) is 0. The molecule has 1 aliphatic rings. The molecule has 0 radical (unpaired) electrons. The van der Waals surface area contributed by atoms with E-state index in [9.17, 15) is 4.79 Å². The molecule has 1 aromatic heterocycles. The second-order valence-corrected chi connectivity index (χ2v) is 3.71. The van der Waals surface area contributed by atoms with Crippen LogP contribution in [-0.2, 0) is 4.79 Å². The van der Waals surface area contributed by atoms with E-state index in [1.165, 1.54) is 6.21 Å². The largest absolute Gasteiger partial charge is 0.463 e. The van der Waals surface area contributed by atoms with Crippen molar-refractivity contribution in [1.29, 1.82) is 0 Å². The molecule has 2 heterocycles. The predicted molar refractivity (Wildman–Crippen MR) is 67.9 cm³/mol. The van der Waals surface area contributed by atoms with Gasteiger partial charge in [-0.05, 0) is 18.2 Å². The molecule has 5 nitrogen and oxygen atoms in total. The molecule has 3 rings (SSSR count). The first-order valence-electron chi connectivity index (χ1n) is 5.40. The van der Waals surface area contributed by atoms with Crippen LogP contribution >= 0.6 is 0 Å². The molecule has 88 valence electrons. The highest BCUT2D eigenvalue weighted by Crippen LogP contribution is 2.22. The van der Waals surface area contributed by atoms with Crippen molar-refractivity contribution >= 4 is 23.5 Å². The molecule has 0 aliphatic carbocycles. The first kappa shape index (κ1) is 10.5. The maximum atomic E-state index is 11.7. The van der Waals surface area contributed by atoms with Crippen LogP contribution in [-0.4, -0.2) is 17.8 Å². The zero-order valence-electron chi connectivity index (χ0n) is 9.33. The lowest BCUT2D eigenvalue weighted by molar-refractivity contribution is -0.110. The lowest BCUT2D eigenvalue weighted by Gasteiger charge is -1.93. The number of benzene rings is 1. The molecule has 1 amide bonds. The summed E-state index contributed by atoms with van der Waals surface area (Å²) in [6.07, 6.45) is 3.01. The van der Waals surface area contributed by atoms with E-state index in [1.54, 1.807) is 18.4 Å². The quantitative estimate of drug-likeness (QED) is 0.643. The van der Waals surface area contributed by atoms with Gasteiger partial charge >= 0.3 is 0 Å². The lowest BCUT2D eigenvalue weighted by Crippen LogP contribution is -2.13. The molecule has 0 spiro atoms. The Balaban J connectivity index is 1.90. The summed E-state index contributed by atoms with van der Waals surface area (Å²) in [4.78, 5) is 11.7. The topological polar surface area (TPSA) is 67.0 Å². The SMILES string of the molecule is O=C1Nc2ccccc2/C1=N\N=C/c1ccco1. The molecule has 1 aromatic carbocycles. The van der Waals surface area contributed by atoms with Gasteiger partial charge in [-0.25, -0.2) is 0 Å². The Hall–Kier alpha value is -2.69. The van der Waals surface area contributed by atoms with Crippen LogP contribution in [0.1, 0.15) is 11.3 Å². The van der Waals surface area contributed by atoms with Gasteiger partial charge in [0.1, 0.15) is 5.76 Å². The van der Waals surface area contributed by atoms with Crippen molar-refractivity contribution in [2.45, 2.75) is 0 Å². The summed E-state index contributed by atoms with van der Waals surface area (Å²) in [6, 6.07) is 10.9. The van der Waals surface area contributed by atoms with Crippen LogP contribution < -0.4 is 5.32 Å². The molecule has 0 unspecified atom stereocenters. The summed E-state index contributed by atoms with van der Waals surface area (Å²) in [5.74, 6) is 0.346. The van der Waals surface area contributed by atoms with Crippen LogP contribution in [0.15, 0.2) is 57.3 Å². The second kappa shape index (κ2) is 4.29. The Kier molecular flexibility index (Phi) is 2.49. The third-order valence-electron chi connectivity index (χ3n) is 2.53. The van der Waals surface area contributed by atoms with Crippen LogP contribution in [0.5, 0.6) is 0 Å². The maximum Gasteiger partial charge on any atom is 0.276 e. The molecule has 0 atom stereocenters. The van der Waals surface area contributed by atoms with Crippen molar-refractivity contribution in [2.24, 2.45) is 10.2 Å². The van der Waals surface area contributed by atoms with Gasteiger partial charge in [0.15, 0.2) is 5.71 Å². The fraction of sp³-hybridized carbons (Fsp3) is 0. The fourth-order valence-corrected chi connectivity index (χ4v) is 1.71. The number of carbonyl (C=O) groups excluding carboxylic acids is 1. The summed E-state index contributed by atoms with van der Waals surface area (Å²) >= 11 is 0. The van der Waals surface area contributed by atoms with Gasteiger partial charge in [-0.2, -0.15) is 5.10 Å². The van der Waals surface area contributed by atoms with E-state index in [1.807, 2.05) is 24.3 Å². The van der Waals surface area contributed by atoms with Crippen LogP contribution in [0.25, 0.3) is 0 Å². The van der Waals surface area contributed by atoms with E-state index in [-0.39, 0.29) is 5.91 Å². The number of furan rings is 1. The van der Waals surface area contributed by atoms with Crippen molar-refractivity contribution in [3.8, 4) is 0 Å². The monoisotopic (exact) mass is 239 g/mol. The zero-order valence-corrected chi connectivity index (χ0v) is 9.33. The van der Waals surface area contributed by atoms with Crippen LogP contribution in [0.3, 0.4) is 0 Å². The summed E-state index contributed by atoms with van der Waals surface area (Å²) in [5, 5.41) is 10.5.